The Labute approximate surface area is 567 Å². The summed E-state index contributed by atoms with van der Waals surface area (Å²) in [6, 6.07) is 81.9. The van der Waals surface area contributed by atoms with Crippen LogP contribution in [0.25, 0.3) is 65.4 Å². The molecule has 0 saturated heterocycles. The van der Waals surface area contributed by atoms with Crippen molar-refractivity contribution in [3.63, 3.8) is 0 Å². The summed E-state index contributed by atoms with van der Waals surface area (Å²) in [7, 11) is 0. The van der Waals surface area contributed by atoms with E-state index in [1.165, 1.54) is 156 Å². The summed E-state index contributed by atoms with van der Waals surface area (Å²) in [5.41, 5.74) is 15.6. The minimum atomic E-state index is -0.0733. The molecule has 6 heteroatoms. The summed E-state index contributed by atoms with van der Waals surface area (Å²) >= 11 is 2.72. The molecule has 0 amide bonds. The van der Waals surface area contributed by atoms with Crippen molar-refractivity contribution < 1.29 is 70.8 Å². The van der Waals surface area contributed by atoms with Gasteiger partial charge in [0.05, 0.1) is 0 Å². The van der Waals surface area contributed by atoms with Crippen LogP contribution < -0.4 is 35.2 Å². The van der Waals surface area contributed by atoms with Crippen molar-refractivity contribution >= 4 is 86.7 Å². The molecule has 0 aliphatic heterocycles. The van der Waals surface area contributed by atoms with E-state index in [9.17, 15) is 0 Å². The van der Waals surface area contributed by atoms with Gasteiger partial charge in [0.15, 0.2) is 0 Å². The smallest absolute Gasteiger partial charge is 1.00 e. The molecule has 88 heavy (non-hydrogen) atoms. The number of hydrogen-bond donors (Lipinski definition) is 0. The summed E-state index contributed by atoms with van der Waals surface area (Å²) in [6.45, 7) is 22.1. The molecule has 4 atom stereocenters. The van der Waals surface area contributed by atoms with Crippen molar-refractivity contribution in [2.75, 3.05) is 0 Å². The summed E-state index contributed by atoms with van der Waals surface area (Å²) < 4.78 is 0. The van der Waals surface area contributed by atoms with Crippen molar-refractivity contribution in [2.45, 2.75) is 68.5 Å². The van der Waals surface area contributed by atoms with Crippen LogP contribution in [0.2, 0.25) is 13.1 Å². The van der Waals surface area contributed by atoms with Crippen LogP contribution >= 0.6 is 0 Å². The second kappa shape index (κ2) is 33.7. The first kappa shape index (κ1) is 69.4. The molecule has 0 aromatic heterocycles. The summed E-state index contributed by atoms with van der Waals surface area (Å²) in [5, 5.41) is 13.7. The minimum Gasteiger partial charge on any atom is -1.00 e. The molecule has 0 fully saturated rings. The van der Waals surface area contributed by atoms with E-state index < -0.39 is 0 Å². The van der Waals surface area contributed by atoms with Crippen molar-refractivity contribution in [3.05, 3.63) is 324 Å². The molecule has 10 aromatic carbocycles. The zero-order chi connectivity index (χ0) is 60.7. The van der Waals surface area contributed by atoms with Crippen molar-refractivity contribution in [3.8, 4) is 0 Å². The largest absolute Gasteiger partial charge is 1.00 e. The maximum Gasteiger partial charge on any atom is -1.00 e. The molecule has 4 unspecified atom stereocenters. The SMILES string of the molecule is CC1=[C-]C(C)C=C1c1cccc2ccccc12.CC1=[C-]C(C)C=C1c1cccc2ccccc12.CC1=[C-]C(C)C=C1c1cccc2ccccc12.CC1=[C-]C(C)C=C1c1cccc2ccccc12.C[Si](=[Hf+2])c1ccccc1.C[Si](=[Hf+2])c1ccccc1.[Cl-].[Cl-]. The van der Waals surface area contributed by atoms with Gasteiger partial charge < -0.3 is 24.8 Å². The third-order valence-electron chi connectivity index (χ3n) is 15.8. The van der Waals surface area contributed by atoms with E-state index in [1.807, 2.05) is 0 Å². The first-order valence-corrected chi connectivity index (χ1v) is 44.8. The van der Waals surface area contributed by atoms with E-state index in [1.54, 1.807) is 10.4 Å². The molecule has 0 bridgehead atoms. The molecule has 0 nitrogen and oxygen atoms in total. The van der Waals surface area contributed by atoms with Gasteiger partial charge in [-0.15, -0.1) is 0 Å². The van der Waals surface area contributed by atoms with Crippen LogP contribution in [0.5, 0.6) is 0 Å². The third-order valence-corrected chi connectivity index (χ3v) is 24.4. The molecule has 0 radical (unpaired) electrons. The molecule has 4 aliphatic carbocycles. The van der Waals surface area contributed by atoms with E-state index in [4.69, 9.17) is 0 Å². The molecular weight excluding hydrogens is 1470 g/mol. The first-order valence-electron chi connectivity index (χ1n) is 30.1. The van der Waals surface area contributed by atoms with Gasteiger partial charge in [0, 0.05) is 0 Å². The number of rotatable bonds is 6. The molecule has 0 N–H and O–H groups in total. The third kappa shape index (κ3) is 18.1. The zero-order valence-electron chi connectivity index (χ0n) is 52.3. The van der Waals surface area contributed by atoms with Crippen LogP contribution in [0.3, 0.4) is 0 Å². The van der Waals surface area contributed by atoms with Gasteiger partial charge >= 0.3 is 141 Å². The normalized spacial score (nSPS) is 16.8. The molecule has 4 aliphatic rings. The summed E-state index contributed by atoms with van der Waals surface area (Å²) in [5.74, 6) is 1.74. The van der Waals surface area contributed by atoms with E-state index in [0.29, 0.717) is 23.7 Å². The standard InChI is InChI=1S/4C17H15.2C7H8Si.2ClH.2Hf/c4*1-12-10-13(2)17(11-12)16-9-5-7-14-6-3-4-8-15(14)16;2*1-8-7-5-3-2-4-6-7;;;;/h4*3-9,11-12H,1-2H3;2*2-6H,1H3;2*1H;;/q4*-1;;;;;2*+2/p-2. The van der Waals surface area contributed by atoms with Gasteiger partial charge in [-0.05, 0) is 43.1 Å². The van der Waals surface area contributed by atoms with Gasteiger partial charge in [0.25, 0.3) is 0 Å². The van der Waals surface area contributed by atoms with E-state index >= 15 is 0 Å². The Morgan fingerprint density at radius 2 is 0.466 bits per heavy atom. The molecule has 0 saturated carbocycles. The van der Waals surface area contributed by atoms with Gasteiger partial charge in [-0.3, -0.25) is 24.3 Å². The number of fused-ring (bicyclic) bond motifs is 4. The Kier molecular flexibility index (Phi) is 26.5. The molecule has 10 aromatic rings. The van der Waals surface area contributed by atoms with Crippen LogP contribution in [-0.4, -0.2) is 11.0 Å². The zero-order valence-corrected chi connectivity index (χ0v) is 63.0. The number of hydrogen-bond acceptors (Lipinski definition) is 0. The second-order valence-electron chi connectivity index (χ2n) is 22.6. The van der Waals surface area contributed by atoms with E-state index in [2.05, 4.69) is 348 Å². The predicted octanol–water partition coefficient (Wildman–Crippen LogP) is 14.6. The number of allylic oxidation sites excluding steroid dienone is 16. The Balaban J connectivity index is 0.000000153. The minimum absolute atomic E-state index is 0. The Bertz CT molecular complexity index is 3820. The Morgan fingerprint density at radius 3 is 0.648 bits per heavy atom. The Hall–Kier alpha value is -6.09. The van der Waals surface area contributed by atoms with Gasteiger partial charge in [-0.25, -0.2) is 22.3 Å². The summed E-state index contributed by atoms with van der Waals surface area (Å²) in [6.07, 6.45) is 23.0. The fourth-order valence-corrected chi connectivity index (χ4v) is 16.7. The van der Waals surface area contributed by atoms with Crippen LogP contribution in [0.15, 0.2) is 277 Å². The first-order chi connectivity index (χ1) is 41.6. The fraction of sp³-hybridized carbons (Fsp3) is 0.171. The maximum absolute atomic E-state index is 3.45. The average molecular weight is 1550 g/mol. The van der Waals surface area contributed by atoms with Gasteiger partial charge in [0.1, 0.15) is 0 Å². The molecular formula is C82H76Cl2Hf2Si2-2. The van der Waals surface area contributed by atoms with Gasteiger partial charge in [-0.1, -0.05) is 271 Å². The predicted molar refractivity (Wildman–Crippen MR) is 369 cm³/mol. The van der Waals surface area contributed by atoms with Crippen molar-refractivity contribution in [1.82, 2.24) is 0 Å². The summed E-state index contributed by atoms with van der Waals surface area (Å²) in [4.78, 5) is 0. The average Bonchev–Trinajstić information content (AvgIpc) is 4.32. The van der Waals surface area contributed by atoms with E-state index in [-0.39, 0.29) is 35.8 Å². The van der Waals surface area contributed by atoms with Gasteiger partial charge in [-0.2, -0.15) is 46.6 Å². The quantitative estimate of drug-likeness (QED) is 0.115. The second-order valence-corrected chi connectivity index (χ2v) is 42.5. The topological polar surface area (TPSA) is 0 Å². The maximum atomic E-state index is 3.45. The van der Waals surface area contributed by atoms with Crippen molar-refractivity contribution in [1.29, 1.82) is 0 Å². The Morgan fingerprint density at radius 1 is 0.273 bits per heavy atom. The number of halogens is 2. The van der Waals surface area contributed by atoms with E-state index in [0.717, 1.165) is 0 Å². The van der Waals surface area contributed by atoms with Crippen LogP contribution in [-0.2, 0) is 46.0 Å². The van der Waals surface area contributed by atoms with Gasteiger partial charge in [0.2, 0.25) is 0 Å². The van der Waals surface area contributed by atoms with Crippen LogP contribution in [0, 0.1) is 48.0 Å². The monoisotopic (exact) mass is 1550 g/mol. The molecule has 0 heterocycles. The number of benzene rings is 10. The van der Waals surface area contributed by atoms with Crippen molar-refractivity contribution in [2.24, 2.45) is 23.7 Å². The van der Waals surface area contributed by atoms with Crippen LogP contribution in [0.1, 0.15) is 77.6 Å². The molecule has 436 valence electrons. The molecule has 0 spiro atoms. The van der Waals surface area contributed by atoms with Crippen LogP contribution in [0.4, 0.5) is 0 Å². The fourth-order valence-electron chi connectivity index (χ4n) is 11.7. The molecule has 14 rings (SSSR count).